The topological polar surface area (TPSA) is 55.4 Å². The van der Waals surface area contributed by atoms with Crippen molar-refractivity contribution in [2.24, 2.45) is 0 Å². The van der Waals surface area contributed by atoms with Gasteiger partial charge in [-0.15, -0.1) is 0 Å². The maximum Gasteiger partial charge on any atom is 0.494 e. The lowest BCUT2D eigenvalue weighted by molar-refractivity contribution is 0.00384. The summed E-state index contributed by atoms with van der Waals surface area (Å²) in [7, 11) is -0.847. The summed E-state index contributed by atoms with van der Waals surface area (Å²) >= 11 is 0. The summed E-state index contributed by atoms with van der Waals surface area (Å²) < 4.78 is 37.4. The molecular weight excluding hydrogens is 490 g/mol. The highest BCUT2D eigenvalue weighted by atomic mass is 16.7. The van der Waals surface area contributed by atoms with Crippen molar-refractivity contribution in [3.63, 3.8) is 0 Å². The molecule has 0 atom stereocenters. The summed E-state index contributed by atoms with van der Waals surface area (Å²) in [5, 5.41) is 0. The van der Waals surface area contributed by atoms with Crippen LogP contribution in [0.1, 0.15) is 67.2 Å². The molecule has 8 heteroatoms. The van der Waals surface area contributed by atoms with E-state index in [0.717, 1.165) is 16.5 Å². The summed E-state index contributed by atoms with van der Waals surface area (Å²) in [6.45, 7) is 16.4. The monoisotopic (exact) mass is 528 g/mol. The molecule has 0 N–H and O–H groups in total. The van der Waals surface area contributed by atoms with Crippen LogP contribution in [0.15, 0.2) is 78.9 Å². The molecule has 0 amide bonds. The van der Waals surface area contributed by atoms with E-state index >= 15 is 0 Å². The van der Waals surface area contributed by atoms with E-state index in [-0.39, 0.29) is 0 Å². The minimum atomic E-state index is -0.642. The summed E-state index contributed by atoms with van der Waals surface area (Å²) in [6.07, 6.45) is -0.642. The average Bonchev–Trinajstić information content (AvgIpc) is 3.24. The van der Waals surface area contributed by atoms with E-state index in [0.29, 0.717) is 11.5 Å². The van der Waals surface area contributed by atoms with E-state index in [1.54, 1.807) is 0 Å². The van der Waals surface area contributed by atoms with Gasteiger partial charge in [0.1, 0.15) is 11.5 Å². The maximum atomic E-state index is 6.34. The normalized spacial score (nSPS) is 20.8. The van der Waals surface area contributed by atoms with Gasteiger partial charge in [0, 0.05) is 5.56 Å². The molecule has 5 rings (SSSR count). The van der Waals surface area contributed by atoms with Gasteiger partial charge in [0.15, 0.2) is 0 Å². The average molecular weight is 528 g/mol. The summed E-state index contributed by atoms with van der Waals surface area (Å²) in [4.78, 5) is 0. The molecule has 0 spiro atoms. The third kappa shape index (κ3) is 5.62. The molecule has 6 nitrogen and oxygen atoms in total. The lowest BCUT2D eigenvalue weighted by atomic mass is 9.79. The van der Waals surface area contributed by atoms with Gasteiger partial charge in [0.05, 0.1) is 22.4 Å². The van der Waals surface area contributed by atoms with Crippen molar-refractivity contribution in [1.82, 2.24) is 0 Å². The zero-order valence-electron chi connectivity index (χ0n) is 24.2. The Kier molecular flexibility index (Phi) is 7.13. The highest BCUT2D eigenvalue weighted by Gasteiger charge is 2.52. The number of hydrogen-bond acceptors (Lipinski definition) is 6. The summed E-state index contributed by atoms with van der Waals surface area (Å²) in [6, 6.07) is 25.4. The maximum absolute atomic E-state index is 6.34. The molecule has 0 aromatic heterocycles. The minimum Gasteiger partial charge on any atom is -0.451 e. The van der Waals surface area contributed by atoms with E-state index in [1.165, 1.54) is 0 Å². The first-order valence-electron chi connectivity index (χ1n) is 13.6. The van der Waals surface area contributed by atoms with Crippen LogP contribution in [0.3, 0.4) is 0 Å². The first-order valence-corrected chi connectivity index (χ1v) is 13.6. The second kappa shape index (κ2) is 10.0. The second-order valence-corrected chi connectivity index (χ2v) is 12.3. The Morgan fingerprint density at radius 2 is 0.821 bits per heavy atom. The zero-order chi connectivity index (χ0) is 28.1. The number of ether oxygens (including phenoxy) is 2. The fourth-order valence-corrected chi connectivity index (χ4v) is 4.38. The zero-order valence-corrected chi connectivity index (χ0v) is 24.2. The van der Waals surface area contributed by atoms with E-state index in [9.17, 15) is 0 Å². The van der Waals surface area contributed by atoms with Crippen molar-refractivity contribution in [1.29, 1.82) is 0 Å². The molecule has 2 fully saturated rings. The van der Waals surface area contributed by atoms with Crippen molar-refractivity contribution in [3.05, 3.63) is 84.4 Å². The predicted octanol–water partition coefficient (Wildman–Crippen LogP) is 5.44. The van der Waals surface area contributed by atoms with Gasteiger partial charge < -0.3 is 28.1 Å². The number of hydrogen-bond donors (Lipinski definition) is 0. The van der Waals surface area contributed by atoms with E-state index < -0.39 is 42.9 Å². The molecule has 3 aromatic carbocycles. The molecule has 0 unspecified atom stereocenters. The fourth-order valence-electron chi connectivity index (χ4n) is 4.38. The minimum absolute atomic E-state index is 0.392. The highest BCUT2D eigenvalue weighted by molar-refractivity contribution is 6.62. The number of rotatable bonds is 7. The first-order chi connectivity index (χ1) is 18.3. The SMILES string of the molecule is CC1(C)OB(c2ccc(OC(Oc3ccc(B4OC(C)(C)C(C)(C)O4)cc3)c3ccccc3)cc2)OC1(C)C. The van der Waals surface area contributed by atoms with Gasteiger partial charge in [-0.05, 0) is 90.6 Å². The van der Waals surface area contributed by atoms with Crippen LogP contribution in [-0.4, -0.2) is 36.6 Å². The molecule has 2 heterocycles. The second-order valence-electron chi connectivity index (χ2n) is 12.3. The van der Waals surface area contributed by atoms with Gasteiger partial charge in [-0.2, -0.15) is 0 Å². The molecule has 3 aromatic rings. The van der Waals surface area contributed by atoms with Gasteiger partial charge in [-0.25, -0.2) is 0 Å². The fraction of sp³-hybridized carbons (Fsp3) is 0.419. The van der Waals surface area contributed by atoms with Crippen molar-refractivity contribution in [2.75, 3.05) is 0 Å². The molecule has 2 aliphatic heterocycles. The molecule has 0 bridgehead atoms. The molecule has 0 aliphatic carbocycles. The molecule has 2 aliphatic rings. The third-order valence-corrected chi connectivity index (χ3v) is 8.37. The van der Waals surface area contributed by atoms with Crippen LogP contribution >= 0.6 is 0 Å². The standard InChI is InChI=1S/C31H38B2O6/c1-28(2)29(3,4)37-32(36-28)23-14-18-25(19-15-23)34-27(22-12-10-9-11-13-22)35-26-20-16-24(17-21-26)33-38-30(5,6)31(7,8)39-33/h9-21,27H,1-8H3. The summed E-state index contributed by atoms with van der Waals surface area (Å²) in [5.41, 5.74) is 1.22. The molecule has 0 radical (unpaired) electrons. The van der Waals surface area contributed by atoms with Crippen molar-refractivity contribution in [3.8, 4) is 11.5 Å². The largest absolute Gasteiger partial charge is 0.494 e. The van der Waals surface area contributed by atoms with Crippen LogP contribution in [0.25, 0.3) is 0 Å². The van der Waals surface area contributed by atoms with E-state index in [4.69, 9.17) is 28.1 Å². The number of benzene rings is 3. The highest BCUT2D eigenvalue weighted by Crippen LogP contribution is 2.38. The van der Waals surface area contributed by atoms with Crippen LogP contribution in [-0.2, 0) is 18.6 Å². The Hall–Kier alpha value is -2.77. The molecule has 2 saturated heterocycles. The lowest BCUT2D eigenvalue weighted by Gasteiger charge is -2.32. The van der Waals surface area contributed by atoms with Crippen LogP contribution in [0, 0.1) is 0 Å². The Labute approximate surface area is 233 Å². The Bertz CT molecular complexity index is 1160. The quantitative estimate of drug-likeness (QED) is 0.301. The van der Waals surface area contributed by atoms with E-state index in [2.05, 4.69) is 0 Å². The third-order valence-electron chi connectivity index (χ3n) is 8.37. The molecule has 0 saturated carbocycles. The summed E-state index contributed by atoms with van der Waals surface area (Å²) in [5.74, 6) is 1.36. The Morgan fingerprint density at radius 1 is 0.487 bits per heavy atom. The Morgan fingerprint density at radius 3 is 1.15 bits per heavy atom. The van der Waals surface area contributed by atoms with Gasteiger partial charge in [-0.3, -0.25) is 0 Å². The predicted molar refractivity (Wildman–Crippen MR) is 155 cm³/mol. The van der Waals surface area contributed by atoms with Gasteiger partial charge in [0.25, 0.3) is 6.29 Å². The Balaban J connectivity index is 1.30. The van der Waals surface area contributed by atoms with Crippen molar-refractivity contribution in [2.45, 2.75) is 84.1 Å². The van der Waals surface area contributed by atoms with Crippen LogP contribution in [0.4, 0.5) is 0 Å². The van der Waals surface area contributed by atoms with Crippen LogP contribution in [0.2, 0.25) is 0 Å². The molecular formula is C31H38B2O6. The van der Waals surface area contributed by atoms with Crippen LogP contribution in [0.5, 0.6) is 11.5 Å². The van der Waals surface area contributed by atoms with Crippen molar-refractivity contribution < 1.29 is 28.1 Å². The van der Waals surface area contributed by atoms with Crippen molar-refractivity contribution >= 4 is 25.2 Å². The van der Waals surface area contributed by atoms with E-state index in [1.807, 2.05) is 134 Å². The molecule has 39 heavy (non-hydrogen) atoms. The van der Waals surface area contributed by atoms with Gasteiger partial charge >= 0.3 is 14.2 Å². The smallest absolute Gasteiger partial charge is 0.451 e. The van der Waals surface area contributed by atoms with Gasteiger partial charge in [0.2, 0.25) is 0 Å². The first kappa shape index (κ1) is 27.8. The van der Waals surface area contributed by atoms with Crippen LogP contribution < -0.4 is 20.4 Å². The van der Waals surface area contributed by atoms with Gasteiger partial charge in [-0.1, -0.05) is 54.6 Å². The lowest BCUT2D eigenvalue weighted by Crippen LogP contribution is -2.41. The molecule has 204 valence electrons.